The van der Waals surface area contributed by atoms with E-state index in [1.165, 1.54) is 0 Å². The molecule has 1 aliphatic carbocycles. The minimum atomic E-state index is -3.76. The van der Waals surface area contributed by atoms with Gasteiger partial charge in [-0.1, -0.05) is 6.07 Å². The second-order valence-electron chi connectivity index (χ2n) is 7.95. The molecule has 0 bridgehead atoms. The summed E-state index contributed by atoms with van der Waals surface area (Å²) in [6.45, 7) is 3.81. The van der Waals surface area contributed by atoms with Gasteiger partial charge in [0.15, 0.2) is 5.78 Å². The number of imidazole rings is 1. The minimum absolute atomic E-state index is 0.0627. The molecule has 7 nitrogen and oxygen atoms in total. The van der Waals surface area contributed by atoms with Crippen molar-refractivity contribution in [2.45, 2.75) is 44.6 Å². The summed E-state index contributed by atoms with van der Waals surface area (Å²) in [5.74, 6) is 0.676. The molecule has 0 radical (unpaired) electrons. The maximum atomic E-state index is 13.0. The molecule has 1 aliphatic rings. The Labute approximate surface area is 174 Å². The summed E-state index contributed by atoms with van der Waals surface area (Å²) in [6.07, 6.45) is 2.17. The smallest absolute Gasteiger partial charge is 0.241 e. The molecule has 30 heavy (non-hydrogen) atoms. The van der Waals surface area contributed by atoms with Crippen molar-refractivity contribution in [2.24, 2.45) is 0 Å². The van der Waals surface area contributed by atoms with Gasteiger partial charge in [-0.2, -0.15) is 0 Å². The zero-order chi connectivity index (χ0) is 21.0. The Hall–Kier alpha value is -2.97. The summed E-state index contributed by atoms with van der Waals surface area (Å²) in [5.41, 5.74) is 5.69. The molecule has 2 aromatic carbocycles. The summed E-state index contributed by atoms with van der Waals surface area (Å²) in [4.78, 5) is 23.4. The summed E-state index contributed by atoms with van der Waals surface area (Å²) in [5, 5.41) is 0.804. The quantitative estimate of drug-likeness (QED) is 0.466. The van der Waals surface area contributed by atoms with E-state index in [1.807, 2.05) is 25.1 Å². The number of hydrogen-bond acceptors (Lipinski definition) is 4. The number of H-pyrrole nitrogens is 2. The fraction of sp³-hybridized carbons (Fsp3) is 0.273. The Bertz CT molecular complexity index is 1430. The van der Waals surface area contributed by atoms with Crippen LogP contribution in [0, 0.1) is 13.8 Å². The monoisotopic (exact) mass is 422 g/mol. The first-order chi connectivity index (χ1) is 14.3. The van der Waals surface area contributed by atoms with E-state index in [2.05, 4.69) is 19.7 Å². The topological polar surface area (TPSA) is 108 Å². The third-order valence-electron chi connectivity index (χ3n) is 5.69. The standard InChI is InChI=1S/C22H22N4O3S/c1-12-6-7-15-18(8-12)26-21(25-15)11-23-30(28,29)20-10-17-14(9-13(20)2)22-16(24-17)4-3-5-19(22)27/h6-10,23-24H,3-5,11H2,1-2H3,(H,25,26). The Morgan fingerprint density at radius 2 is 1.90 bits per heavy atom. The molecule has 2 aromatic heterocycles. The van der Waals surface area contributed by atoms with Crippen molar-refractivity contribution in [3.05, 3.63) is 58.5 Å². The number of ketones is 1. The number of Topliss-reactive ketones (excluding diaryl/α,β-unsaturated/α-hetero) is 1. The number of hydrogen-bond donors (Lipinski definition) is 3. The van der Waals surface area contributed by atoms with Crippen molar-refractivity contribution in [3.8, 4) is 0 Å². The van der Waals surface area contributed by atoms with Crippen molar-refractivity contribution in [1.29, 1.82) is 0 Å². The molecule has 0 amide bonds. The largest absolute Gasteiger partial charge is 0.358 e. The van der Waals surface area contributed by atoms with E-state index in [0.717, 1.165) is 40.5 Å². The molecule has 5 rings (SSSR count). The Morgan fingerprint density at radius 1 is 1.07 bits per heavy atom. The van der Waals surface area contributed by atoms with Crippen molar-refractivity contribution in [1.82, 2.24) is 19.7 Å². The van der Waals surface area contributed by atoms with E-state index in [4.69, 9.17) is 0 Å². The van der Waals surface area contributed by atoms with Crippen LogP contribution in [-0.4, -0.2) is 29.2 Å². The Balaban J connectivity index is 1.47. The molecule has 3 N–H and O–H groups in total. The van der Waals surface area contributed by atoms with E-state index >= 15 is 0 Å². The number of fused-ring (bicyclic) bond motifs is 4. The molecule has 0 unspecified atom stereocenters. The number of aromatic nitrogens is 3. The molecule has 0 aliphatic heterocycles. The van der Waals surface area contributed by atoms with Crippen LogP contribution in [0.15, 0.2) is 35.2 Å². The molecular weight excluding hydrogens is 400 g/mol. The van der Waals surface area contributed by atoms with Crippen molar-refractivity contribution < 1.29 is 13.2 Å². The molecule has 0 saturated heterocycles. The van der Waals surface area contributed by atoms with Crippen LogP contribution in [0.1, 0.15) is 45.8 Å². The second-order valence-corrected chi connectivity index (χ2v) is 9.68. The van der Waals surface area contributed by atoms with E-state index in [9.17, 15) is 13.2 Å². The van der Waals surface area contributed by atoms with Crippen LogP contribution in [-0.2, 0) is 23.0 Å². The van der Waals surface area contributed by atoms with Gasteiger partial charge in [0, 0.05) is 28.6 Å². The zero-order valence-corrected chi connectivity index (χ0v) is 17.6. The van der Waals surface area contributed by atoms with Crippen LogP contribution >= 0.6 is 0 Å². The van der Waals surface area contributed by atoms with Gasteiger partial charge in [-0.05, 0) is 62.1 Å². The van der Waals surface area contributed by atoms with Gasteiger partial charge in [-0.3, -0.25) is 4.79 Å². The van der Waals surface area contributed by atoms with Crippen LogP contribution in [0.5, 0.6) is 0 Å². The van der Waals surface area contributed by atoms with Gasteiger partial charge >= 0.3 is 0 Å². The SMILES string of the molecule is Cc1ccc2nc(CNS(=O)(=O)c3cc4[nH]c5c(c4cc3C)C(=O)CCC5)[nH]c2c1. The van der Waals surface area contributed by atoms with Crippen molar-refractivity contribution >= 4 is 37.7 Å². The number of aryl methyl sites for hydroxylation is 3. The number of carbonyl (C=O) groups is 1. The number of benzene rings is 2. The highest BCUT2D eigenvalue weighted by molar-refractivity contribution is 7.89. The maximum Gasteiger partial charge on any atom is 0.241 e. The average Bonchev–Trinajstić information content (AvgIpc) is 3.26. The first-order valence-corrected chi connectivity index (χ1v) is 11.4. The third kappa shape index (κ3) is 3.12. The van der Waals surface area contributed by atoms with Gasteiger partial charge < -0.3 is 9.97 Å². The van der Waals surface area contributed by atoms with Gasteiger partial charge in [0.2, 0.25) is 10.0 Å². The van der Waals surface area contributed by atoms with E-state index < -0.39 is 10.0 Å². The number of sulfonamides is 1. The lowest BCUT2D eigenvalue weighted by atomic mass is 9.94. The average molecular weight is 423 g/mol. The minimum Gasteiger partial charge on any atom is -0.358 e. The van der Waals surface area contributed by atoms with E-state index in [0.29, 0.717) is 28.9 Å². The number of rotatable bonds is 4. The van der Waals surface area contributed by atoms with Crippen molar-refractivity contribution in [3.63, 3.8) is 0 Å². The number of nitrogens with zero attached hydrogens (tertiary/aromatic N) is 1. The summed E-state index contributed by atoms with van der Waals surface area (Å²) in [6, 6.07) is 9.28. The maximum absolute atomic E-state index is 13.0. The summed E-state index contributed by atoms with van der Waals surface area (Å²) in [7, 11) is -3.76. The lowest BCUT2D eigenvalue weighted by molar-refractivity contribution is 0.0974. The van der Waals surface area contributed by atoms with Gasteiger partial charge in [0.05, 0.1) is 22.5 Å². The van der Waals surface area contributed by atoms with Crippen LogP contribution < -0.4 is 4.72 Å². The fourth-order valence-corrected chi connectivity index (χ4v) is 5.47. The first kappa shape index (κ1) is 19.0. The highest BCUT2D eigenvalue weighted by atomic mass is 32.2. The molecule has 154 valence electrons. The summed E-state index contributed by atoms with van der Waals surface area (Å²) >= 11 is 0. The molecule has 8 heteroatoms. The number of aromatic amines is 2. The van der Waals surface area contributed by atoms with Gasteiger partial charge in [-0.25, -0.2) is 18.1 Å². The van der Waals surface area contributed by atoms with Crippen LogP contribution in [0.3, 0.4) is 0 Å². The highest BCUT2D eigenvalue weighted by Crippen LogP contribution is 2.32. The molecule has 2 heterocycles. The predicted molar refractivity (Wildman–Crippen MR) is 115 cm³/mol. The highest BCUT2D eigenvalue weighted by Gasteiger charge is 2.25. The Kier molecular flexibility index (Phi) is 4.30. The molecule has 0 fully saturated rings. The van der Waals surface area contributed by atoms with Crippen molar-refractivity contribution in [2.75, 3.05) is 0 Å². The normalized spacial score (nSPS) is 14.5. The molecule has 0 spiro atoms. The molecular formula is C22H22N4O3S. The number of nitrogens with one attached hydrogen (secondary N) is 3. The predicted octanol–water partition coefficient (Wildman–Crippen LogP) is 3.66. The lowest BCUT2D eigenvalue weighted by Gasteiger charge is -2.10. The third-order valence-corrected chi connectivity index (χ3v) is 7.23. The van der Waals surface area contributed by atoms with Crippen LogP contribution in [0.4, 0.5) is 0 Å². The van der Waals surface area contributed by atoms with E-state index in [1.54, 1.807) is 19.1 Å². The van der Waals surface area contributed by atoms with Crippen LogP contribution in [0.2, 0.25) is 0 Å². The molecule has 0 atom stereocenters. The first-order valence-electron chi connectivity index (χ1n) is 9.95. The molecule has 4 aromatic rings. The molecule has 0 saturated carbocycles. The Morgan fingerprint density at radius 3 is 2.73 bits per heavy atom. The summed E-state index contributed by atoms with van der Waals surface area (Å²) < 4.78 is 28.7. The van der Waals surface area contributed by atoms with Gasteiger partial charge in [0.25, 0.3) is 0 Å². The zero-order valence-electron chi connectivity index (χ0n) is 16.8. The van der Waals surface area contributed by atoms with Crippen LogP contribution in [0.25, 0.3) is 21.9 Å². The fourth-order valence-electron chi connectivity index (χ4n) is 4.23. The van der Waals surface area contributed by atoms with Gasteiger partial charge in [-0.15, -0.1) is 0 Å². The number of carbonyl (C=O) groups excluding carboxylic acids is 1. The second kappa shape index (κ2) is 6.78. The van der Waals surface area contributed by atoms with E-state index in [-0.39, 0.29) is 17.2 Å². The van der Waals surface area contributed by atoms with Gasteiger partial charge in [0.1, 0.15) is 5.82 Å². The lowest BCUT2D eigenvalue weighted by Crippen LogP contribution is -2.24.